The van der Waals surface area contributed by atoms with E-state index in [0.29, 0.717) is 0 Å². The maximum absolute atomic E-state index is 13.1. The highest BCUT2D eigenvalue weighted by atomic mass is 19.1. The van der Waals surface area contributed by atoms with Crippen LogP contribution in [0.2, 0.25) is 0 Å². The van der Waals surface area contributed by atoms with Crippen molar-refractivity contribution >= 4 is 5.71 Å². The van der Waals surface area contributed by atoms with Gasteiger partial charge in [0.2, 0.25) is 0 Å². The van der Waals surface area contributed by atoms with Crippen molar-refractivity contribution in [2.24, 2.45) is 10.3 Å². The van der Waals surface area contributed by atoms with E-state index in [1.165, 1.54) is 14.2 Å². The Morgan fingerprint density at radius 2 is 1.96 bits per heavy atom. The molecule has 2 atom stereocenters. The monoisotopic (exact) mass is 351 g/mol. The Kier molecular flexibility index (Phi) is 9.54. The Morgan fingerprint density at radius 1 is 1.28 bits per heavy atom. The number of hydrogen-bond donors (Lipinski definition) is 0. The minimum Gasteiger partial charge on any atom is -0.399 e. The number of methoxy groups -OCH3 is 1. The topological polar surface area (TPSA) is 82.8 Å². The van der Waals surface area contributed by atoms with Crippen molar-refractivity contribution in [1.29, 1.82) is 0 Å². The molecule has 0 radical (unpaired) electrons. The van der Waals surface area contributed by atoms with Crippen molar-refractivity contribution in [3.8, 4) is 0 Å². The van der Waals surface area contributed by atoms with Gasteiger partial charge in [-0.15, -0.1) is 0 Å². The van der Waals surface area contributed by atoms with Gasteiger partial charge in [-0.1, -0.05) is 34.5 Å². The van der Waals surface area contributed by atoms with Gasteiger partial charge in [-0.3, -0.25) is 4.39 Å². The summed E-state index contributed by atoms with van der Waals surface area (Å²) in [4.78, 5) is 9.75. The van der Waals surface area contributed by atoms with Crippen LogP contribution in [0.15, 0.2) is 34.5 Å². The third-order valence-electron chi connectivity index (χ3n) is 3.75. The SMILES string of the molecule is CO/N=C(\CCCN(C)C)c1ccc([C@@H](OC)[C@@H](CF)N=[N+]=[N-])cc1. The number of hydrogen-bond acceptors (Lipinski definition) is 5. The second-order valence-electron chi connectivity index (χ2n) is 5.83. The van der Waals surface area contributed by atoms with E-state index in [1.54, 1.807) is 0 Å². The van der Waals surface area contributed by atoms with Gasteiger partial charge in [-0.2, -0.15) is 0 Å². The van der Waals surface area contributed by atoms with Crippen molar-refractivity contribution in [2.45, 2.75) is 25.0 Å². The Hall–Kier alpha value is -2.15. The molecule has 0 bridgehead atoms. The number of alkyl halides is 1. The highest BCUT2D eigenvalue weighted by Gasteiger charge is 2.22. The summed E-state index contributed by atoms with van der Waals surface area (Å²) >= 11 is 0. The zero-order chi connectivity index (χ0) is 18.7. The van der Waals surface area contributed by atoms with Gasteiger partial charge in [-0.25, -0.2) is 0 Å². The molecule has 7 nitrogen and oxygen atoms in total. The van der Waals surface area contributed by atoms with Crippen molar-refractivity contribution in [3.63, 3.8) is 0 Å². The molecule has 0 saturated heterocycles. The summed E-state index contributed by atoms with van der Waals surface area (Å²) in [6.07, 6.45) is 1.11. The van der Waals surface area contributed by atoms with Gasteiger partial charge in [0.15, 0.2) is 0 Å². The fourth-order valence-corrected chi connectivity index (χ4v) is 2.53. The number of nitrogens with zero attached hydrogens (tertiary/aromatic N) is 5. The summed E-state index contributed by atoms with van der Waals surface area (Å²) in [6, 6.07) is 6.54. The number of benzene rings is 1. The normalized spacial score (nSPS) is 14.1. The number of oxime groups is 1. The average Bonchev–Trinajstić information content (AvgIpc) is 2.61. The maximum Gasteiger partial charge on any atom is 0.106 e. The fourth-order valence-electron chi connectivity index (χ4n) is 2.53. The summed E-state index contributed by atoms with van der Waals surface area (Å²) in [6.45, 7) is 0.169. The van der Waals surface area contributed by atoms with Crippen LogP contribution in [0.4, 0.5) is 4.39 Å². The van der Waals surface area contributed by atoms with E-state index in [1.807, 2.05) is 38.4 Å². The maximum atomic E-state index is 13.1. The van der Waals surface area contributed by atoms with Crippen molar-refractivity contribution in [2.75, 3.05) is 41.5 Å². The first-order chi connectivity index (χ1) is 12.1. The Bertz CT molecular complexity index is 585. The molecule has 0 amide bonds. The number of azide groups is 1. The number of halogens is 1. The lowest BCUT2D eigenvalue weighted by molar-refractivity contribution is 0.0722. The van der Waals surface area contributed by atoms with Crippen LogP contribution < -0.4 is 0 Å². The molecule has 0 N–H and O–H groups in total. The van der Waals surface area contributed by atoms with Crippen LogP contribution in [0.5, 0.6) is 0 Å². The standard InChI is InChI=1S/C17H26FN5O2/c1-23(2)11-5-6-15(21-25-4)13-7-9-14(10-8-13)17(24-3)16(12-18)20-22-19/h7-10,16-17H,5-6,11-12H2,1-4H3/b21-15+/t16-,17-/m1/s1. The molecule has 0 aliphatic carbocycles. The largest absolute Gasteiger partial charge is 0.399 e. The van der Waals surface area contributed by atoms with Gasteiger partial charge in [0.1, 0.15) is 13.8 Å². The quantitative estimate of drug-likeness (QED) is 0.200. The predicted molar refractivity (Wildman–Crippen MR) is 96.4 cm³/mol. The molecule has 0 heterocycles. The van der Waals surface area contributed by atoms with Crippen LogP contribution >= 0.6 is 0 Å². The summed E-state index contributed by atoms with van der Waals surface area (Å²) in [5.74, 6) is 0. The molecule has 0 fully saturated rings. The summed E-state index contributed by atoms with van der Waals surface area (Å²) < 4.78 is 18.4. The van der Waals surface area contributed by atoms with E-state index in [4.69, 9.17) is 15.1 Å². The third kappa shape index (κ3) is 6.70. The second-order valence-corrected chi connectivity index (χ2v) is 5.83. The Balaban J connectivity index is 2.94. The fraction of sp³-hybridized carbons (Fsp3) is 0.588. The lowest BCUT2D eigenvalue weighted by Crippen LogP contribution is -2.20. The van der Waals surface area contributed by atoms with Crippen LogP contribution in [0, 0.1) is 0 Å². The van der Waals surface area contributed by atoms with Crippen LogP contribution in [0.3, 0.4) is 0 Å². The molecule has 25 heavy (non-hydrogen) atoms. The molecule has 1 rings (SSSR count). The highest BCUT2D eigenvalue weighted by molar-refractivity contribution is 6.00. The van der Waals surface area contributed by atoms with Crippen LogP contribution in [0.25, 0.3) is 10.4 Å². The molecule has 0 aliphatic heterocycles. The van der Waals surface area contributed by atoms with E-state index in [-0.39, 0.29) is 0 Å². The summed E-state index contributed by atoms with van der Waals surface area (Å²) in [5.41, 5.74) is 11.1. The molecule has 0 saturated carbocycles. The van der Waals surface area contributed by atoms with Crippen LogP contribution in [0.1, 0.15) is 30.1 Å². The predicted octanol–water partition coefficient (Wildman–Crippen LogP) is 3.71. The van der Waals surface area contributed by atoms with Gasteiger partial charge in [0.25, 0.3) is 0 Å². The van der Waals surface area contributed by atoms with Gasteiger partial charge in [-0.05, 0) is 50.1 Å². The van der Waals surface area contributed by atoms with Gasteiger partial charge in [0.05, 0.1) is 17.9 Å². The summed E-state index contributed by atoms with van der Waals surface area (Å²) in [5, 5.41) is 7.57. The molecule has 0 spiro atoms. The average molecular weight is 351 g/mol. The second kappa shape index (κ2) is 11.4. The minimum absolute atomic E-state index is 0.633. The first kappa shape index (κ1) is 20.9. The number of ether oxygens (including phenoxy) is 1. The zero-order valence-electron chi connectivity index (χ0n) is 15.2. The van der Waals surface area contributed by atoms with E-state index in [9.17, 15) is 4.39 Å². The Morgan fingerprint density at radius 3 is 2.44 bits per heavy atom. The molecule has 0 aliphatic rings. The molecule has 1 aromatic rings. The number of rotatable bonds is 11. The Labute approximate surface area is 148 Å². The molecule has 0 aromatic heterocycles. The van der Waals surface area contributed by atoms with Gasteiger partial charge >= 0.3 is 0 Å². The van der Waals surface area contributed by atoms with Crippen LogP contribution in [-0.2, 0) is 9.57 Å². The minimum atomic E-state index is -0.895. The molecular weight excluding hydrogens is 325 g/mol. The first-order valence-corrected chi connectivity index (χ1v) is 8.05. The summed E-state index contributed by atoms with van der Waals surface area (Å²) in [7, 11) is 7.04. The molecular formula is C17H26FN5O2. The van der Waals surface area contributed by atoms with Crippen molar-refractivity contribution < 1.29 is 14.0 Å². The van der Waals surface area contributed by atoms with E-state index in [2.05, 4.69) is 20.1 Å². The molecule has 1 aromatic carbocycles. The first-order valence-electron chi connectivity index (χ1n) is 8.05. The highest BCUT2D eigenvalue weighted by Crippen LogP contribution is 2.24. The third-order valence-corrected chi connectivity index (χ3v) is 3.75. The molecule has 8 heteroatoms. The zero-order valence-corrected chi connectivity index (χ0v) is 15.2. The van der Waals surface area contributed by atoms with Crippen molar-refractivity contribution in [1.82, 2.24) is 4.90 Å². The molecule has 0 unspecified atom stereocenters. The molecule has 138 valence electrons. The lowest BCUT2D eigenvalue weighted by atomic mass is 9.99. The van der Waals surface area contributed by atoms with Crippen molar-refractivity contribution in [3.05, 3.63) is 45.8 Å². The lowest BCUT2D eigenvalue weighted by Gasteiger charge is -2.20. The smallest absolute Gasteiger partial charge is 0.106 e. The van der Waals surface area contributed by atoms with E-state index < -0.39 is 18.8 Å². The van der Waals surface area contributed by atoms with E-state index in [0.717, 1.165) is 36.2 Å². The van der Waals surface area contributed by atoms with E-state index >= 15 is 0 Å². The van der Waals surface area contributed by atoms with Crippen LogP contribution in [-0.4, -0.2) is 58.2 Å². The van der Waals surface area contributed by atoms with Gasteiger partial charge < -0.3 is 14.5 Å². The van der Waals surface area contributed by atoms with Gasteiger partial charge in [0, 0.05) is 12.0 Å².